The summed E-state index contributed by atoms with van der Waals surface area (Å²) in [5.74, 6) is 0.561. The molecule has 0 radical (unpaired) electrons. The first kappa shape index (κ1) is 15.2. The highest BCUT2D eigenvalue weighted by Crippen LogP contribution is 2.41. The lowest BCUT2D eigenvalue weighted by Gasteiger charge is -2.16. The van der Waals surface area contributed by atoms with E-state index in [4.69, 9.17) is 9.68 Å². The first-order valence-corrected chi connectivity index (χ1v) is 9.60. The summed E-state index contributed by atoms with van der Waals surface area (Å²) < 4.78 is 33.1. The number of rotatable bonds is 4. The van der Waals surface area contributed by atoms with E-state index >= 15 is 0 Å². The molecule has 1 N–H and O–H groups in total. The summed E-state index contributed by atoms with van der Waals surface area (Å²) in [4.78, 5) is 4.28. The van der Waals surface area contributed by atoms with Crippen molar-refractivity contribution in [3.8, 4) is 6.07 Å². The summed E-state index contributed by atoms with van der Waals surface area (Å²) in [6.45, 7) is 0. The van der Waals surface area contributed by atoms with Crippen LogP contribution in [0.5, 0.6) is 0 Å². The van der Waals surface area contributed by atoms with Crippen molar-refractivity contribution in [2.24, 2.45) is 0 Å². The first-order chi connectivity index (χ1) is 11.6. The van der Waals surface area contributed by atoms with Crippen molar-refractivity contribution >= 4 is 15.9 Å². The monoisotopic (exact) mass is 343 g/mol. The van der Waals surface area contributed by atoms with E-state index in [2.05, 4.69) is 9.71 Å². The van der Waals surface area contributed by atoms with Gasteiger partial charge in [-0.25, -0.2) is 18.1 Å². The Morgan fingerprint density at radius 2 is 1.96 bits per heavy atom. The summed E-state index contributed by atoms with van der Waals surface area (Å²) >= 11 is 0. The molecule has 7 heteroatoms. The molecule has 2 aliphatic rings. The fourth-order valence-corrected chi connectivity index (χ4v) is 4.09. The number of sulfonamides is 1. The van der Waals surface area contributed by atoms with Crippen molar-refractivity contribution in [3.05, 3.63) is 40.9 Å². The Kier molecular flexibility index (Phi) is 3.57. The molecule has 0 saturated heterocycles. The van der Waals surface area contributed by atoms with Crippen molar-refractivity contribution in [1.82, 2.24) is 4.98 Å². The molecule has 124 valence electrons. The molecule has 0 aliphatic heterocycles. The molecule has 1 fully saturated rings. The second-order valence-electron chi connectivity index (χ2n) is 6.36. The van der Waals surface area contributed by atoms with Crippen molar-refractivity contribution in [1.29, 1.82) is 5.26 Å². The van der Waals surface area contributed by atoms with Gasteiger partial charge in [-0.1, -0.05) is 6.07 Å². The standard InChI is InChI=1S/C17H17N3O3S/c18-10-15-17(23-16(19-15)12-5-6-12)20-24(21,22)14-8-7-11-3-1-2-4-13(11)9-14/h7-9,12,20H,1-6H2. The number of nitrogens with zero attached hydrogens (tertiary/aromatic N) is 2. The van der Waals surface area contributed by atoms with Crippen LogP contribution in [-0.4, -0.2) is 13.4 Å². The molecule has 6 nitrogen and oxygen atoms in total. The van der Waals surface area contributed by atoms with Gasteiger partial charge in [0, 0.05) is 5.92 Å². The van der Waals surface area contributed by atoms with E-state index in [1.165, 1.54) is 5.56 Å². The normalized spacial score (nSPS) is 17.1. The molecule has 0 atom stereocenters. The summed E-state index contributed by atoms with van der Waals surface area (Å²) in [6.07, 6.45) is 6.04. The smallest absolute Gasteiger partial charge is 0.264 e. The Morgan fingerprint density at radius 3 is 2.67 bits per heavy atom. The number of aromatic nitrogens is 1. The summed E-state index contributed by atoms with van der Waals surface area (Å²) in [6, 6.07) is 7.10. The molecule has 1 aromatic heterocycles. The predicted molar refractivity (Wildman–Crippen MR) is 87.1 cm³/mol. The Morgan fingerprint density at radius 1 is 1.21 bits per heavy atom. The fourth-order valence-electron chi connectivity index (χ4n) is 3.04. The number of nitriles is 1. The van der Waals surface area contributed by atoms with Gasteiger partial charge < -0.3 is 4.42 Å². The molecule has 1 aromatic carbocycles. The molecule has 1 saturated carbocycles. The molecule has 0 spiro atoms. The zero-order chi connectivity index (χ0) is 16.7. The molecule has 0 bridgehead atoms. The Bertz CT molecular complexity index is 936. The van der Waals surface area contributed by atoms with Gasteiger partial charge in [0.1, 0.15) is 6.07 Å². The minimum atomic E-state index is -3.81. The molecule has 24 heavy (non-hydrogen) atoms. The number of hydrogen-bond donors (Lipinski definition) is 1. The number of fused-ring (bicyclic) bond motifs is 1. The number of oxazole rings is 1. The maximum atomic E-state index is 12.6. The molecular weight excluding hydrogens is 326 g/mol. The summed E-state index contributed by atoms with van der Waals surface area (Å²) in [5, 5.41) is 9.15. The topological polar surface area (TPSA) is 96.0 Å². The Balaban J connectivity index is 1.65. The maximum Gasteiger partial charge on any atom is 0.264 e. The minimum Gasteiger partial charge on any atom is -0.422 e. The molecule has 0 unspecified atom stereocenters. The number of benzene rings is 1. The highest BCUT2D eigenvalue weighted by molar-refractivity contribution is 7.92. The molecule has 2 aliphatic carbocycles. The third-order valence-corrected chi connectivity index (χ3v) is 5.86. The van der Waals surface area contributed by atoms with Crippen molar-refractivity contribution in [3.63, 3.8) is 0 Å². The van der Waals surface area contributed by atoms with Crippen LogP contribution in [0.25, 0.3) is 0 Å². The van der Waals surface area contributed by atoms with E-state index < -0.39 is 10.0 Å². The van der Waals surface area contributed by atoms with E-state index in [1.807, 2.05) is 12.1 Å². The third-order valence-electron chi connectivity index (χ3n) is 4.53. The summed E-state index contributed by atoms with van der Waals surface area (Å²) in [7, 11) is -3.81. The number of hydrogen-bond acceptors (Lipinski definition) is 5. The number of nitrogens with one attached hydrogen (secondary N) is 1. The zero-order valence-electron chi connectivity index (χ0n) is 13.1. The third kappa shape index (κ3) is 2.78. The quantitative estimate of drug-likeness (QED) is 0.920. The minimum absolute atomic E-state index is 0.0153. The van der Waals surface area contributed by atoms with E-state index in [0.717, 1.165) is 44.1 Å². The Hall–Kier alpha value is -2.33. The molecule has 1 heterocycles. The molecule has 2 aromatic rings. The van der Waals surface area contributed by atoms with Gasteiger partial charge in [0.05, 0.1) is 4.90 Å². The van der Waals surface area contributed by atoms with Crippen LogP contribution in [0, 0.1) is 11.3 Å². The van der Waals surface area contributed by atoms with Gasteiger partial charge >= 0.3 is 0 Å². The largest absolute Gasteiger partial charge is 0.422 e. The lowest BCUT2D eigenvalue weighted by atomic mass is 9.92. The average molecular weight is 343 g/mol. The second kappa shape index (κ2) is 5.64. The maximum absolute atomic E-state index is 12.6. The van der Waals surface area contributed by atoms with Crippen LogP contribution >= 0.6 is 0 Å². The van der Waals surface area contributed by atoms with Crippen LogP contribution in [0.4, 0.5) is 5.88 Å². The summed E-state index contributed by atoms with van der Waals surface area (Å²) in [5.41, 5.74) is 2.29. The lowest BCUT2D eigenvalue weighted by molar-refractivity contribution is 0.511. The highest BCUT2D eigenvalue weighted by Gasteiger charge is 2.31. The van der Waals surface area contributed by atoms with Crippen LogP contribution in [0.3, 0.4) is 0 Å². The number of aryl methyl sites for hydroxylation is 2. The lowest BCUT2D eigenvalue weighted by Crippen LogP contribution is -2.14. The zero-order valence-corrected chi connectivity index (χ0v) is 13.9. The SMILES string of the molecule is N#Cc1nc(C2CC2)oc1NS(=O)(=O)c1ccc2c(c1)CCCC2. The molecule has 0 amide bonds. The van der Waals surface area contributed by atoms with Crippen molar-refractivity contribution in [2.75, 3.05) is 4.72 Å². The fraction of sp³-hybridized carbons (Fsp3) is 0.412. The highest BCUT2D eigenvalue weighted by atomic mass is 32.2. The first-order valence-electron chi connectivity index (χ1n) is 8.12. The average Bonchev–Trinajstić information content (AvgIpc) is 3.36. The van der Waals surface area contributed by atoms with Crippen molar-refractivity contribution in [2.45, 2.75) is 49.3 Å². The van der Waals surface area contributed by atoms with Gasteiger partial charge in [-0.05, 0) is 61.8 Å². The second-order valence-corrected chi connectivity index (χ2v) is 8.04. The van der Waals surface area contributed by atoms with Gasteiger partial charge in [-0.2, -0.15) is 5.26 Å². The van der Waals surface area contributed by atoms with Gasteiger partial charge in [0.2, 0.25) is 17.5 Å². The van der Waals surface area contributed by atoms with Gasteiger partial charge in [0.25, 0.3) is 10.0 Å². The predicted octanol–water partition coefficient (Wildman–Crippen LogP) is 3.10. The van der Waals surface area contributed by atoms with Crippen LogP contribution in [0.15, 0.2) is 27.5 Å². The van der Waals surface area contributed by atoms with Crippen LogP contribution in [0.2, 0.25) is 0 Å². The van der Waals surface area contributed by atoms with Crippen LogP contribution in [-0.2, 0) is 22.9 Å². The van der Waals surface area contributed by atoms with Crippen LogP contribution in [0.1, 0.15) is 54.3 Å². The molecular formula is C17H17N3O3S. The van der Waals surface area contributed by atoms with E-state index in [0.29, 0.717) is 5.89 Å². The molecule has 4 rings (SSSR count). The van der Waals surface area contributed by atoms with Crippen molar-refractivity contribution < 1.29 is 12.8 Å². The van der Waals surface area contributed by atoms with Gasteiger partial charge in [0.15, 0.2) is 0 Å². The van der Waals surface area contributed by atoms with E-state index in [9.17, 15) is 8.42 Å². The van der Waals surface area contributed by atoms with Gasteiger partial charge in [-0.15, -0.1) is 0 Å². The van der Waals surface area contributed by atoms with Crippen LogP contribution < -0.4 is 4.72 Å². The van der Waals surface area contributed by atoms with E-state index in [1.54, 1.807) is 12.1 Å². The Labute approximate surface area is 140 Å². The van der Waals surface area contributed by atoms with E-state index in [-0.39, 0.29) is 22.4 Å². The van der Waals surface area contributed by atoms with Gasteiger partial charge in [-0.3, -0.25) is 0 Å². The number of anilines is 1.